The van der Waals surface area contributed by atoms with Crippen LogP contribution >= 0.6 is 0 Å². The van der Waals surface area contributed by atoms with E-state index in [4.69, 9.17) is 4.74 Å². The van der Waals surface area contributed by atoms with Gasteiger partial charge in [0.15, 0.2) is 0 Å². The molecule has 1 aromatic carbocycles. The quantitative estimate of drug-likeness (QED) is 0.795. The van der Waals surface area contributed by atoms with Crippen molar-refractivity contribution in [1.29, 1.82) is 0 Å². The van der Waals surface area contributed by atoms with Crippen LogP contribution in [0, 0.1) is 5.92 Å². The third-order valence-corrected chi connectivity index (χ3v) is 4.73. The zero-order valence-electron chi connectivity index (χ0n) is 15.1. The highest BCUT2D eigenvalue weighted by Gasteiger charge is 2.15. The van der Waals surface area contributed by atoms with Crippen molar-refractivity contribution in [1.82, 2.24) is 9.55 Å². The Bertz CT molecular complexity index is 824. The molecule has 0 saturated carbocycles. The summed E-state index contributed by atoms with van der Waals surface area (Å²) in [7, 11) is 0. The van der Waals surface area contributed by atoms with Crippen molar-refractivity contribution in [2.24, 2.45) is 5.92 Å². The Kier molecular flexibility index (Phi) is 5.51. The lowest BCUT2D eigenvalue weighted by molar-refractivity contribution is 0.0488. The number of carbonyl (C=O) groups is 1. The summed E-state index contributed by atoms with van der Waals surface area (Å²) >= 11 is 0. The number of aromatic nitrogens is 2. The molecule has 1 aliphatic rings. The molecule has 1 aromatic heterocycles. The van der Waals surface area contributed by atoms with Gasteiger partial charge >= 0.3 is 5.97 Å². The number of benzene rings is 1. The van der Waals surface area contributed by atoms with Gasteiger partial charge < -0.3 is 4.74 Å². The molecule has 0 fully saturated rings. The first-order chi connectivity index (χ1) is 12.1. The highest BCUT2D eigenvalue weighted by Crippen LogP contribution is 2.17. The number of hydrogen-bond acceptors (Lipinski definition) is 4. The van der Waals surface area contributed by atoms with Crippen molar-refractivity contribution < 1.29 is 9.53 Å². The average Bonchev–Trinajstić information content (AvgIpc) is 2.56. The van der Waals surface area contributed by atoms with Gasteiger partial charge in [0.05, 0.1) is 23.1 Å². The monoisotopic (exact) mass is 342 g/mol. The Balaban J connectivity index is 1.90. The largest absolute Gasteiger partial charge is 0.462 e. The number of hydrogen-bond donors (Lipinski definition) is 0. The van der Waals surface area contributed by atoms with Crippen LogP contribution in [0.25, 0.3) is 10.9 Å². The lowest BCUT2D eigenvalue weighted by atomic mass is 10.1. The molecule has 25 heavy (non-hydrogen) atoms. The maximum atomic E-state index is 12.8. The fourth-order valence-corrected chi connectivity index (χ4v) is 3.19. The first-order valence-electron chi connectivity index (χ1n) is 9.27. The van der Waals surface area contributed by atoms with Crippen LogP contribution in [0.1, 0.15) is 62.1 Å². The molecule has 0 radical (unpaired) electrons. The standard InChI is InChI=1S/C20H26N2O3/c1-14(2)10-12-25-20(24)15-8-9-16-17(13-15)21-18-7-5-3-4-6-11-22(18)19(16)23/h8-9,13-14H,3-7,10-12H2,1-2H3. The fraction of sp³-hybridized carbons (Fsp3) is 0.550. The third kappa shape index (κ3) is 4.09. The molecule has 3 rings (SSSR count). The molecule has 5 heteroatoms. The Hall–Kier alpha value is -2.17. The maximum absolute atomic E-state index is 12.8. The number of aryl methyl sites for hydroxylation is 1. The molecule has 0 saturated heterocycles. The van der Waals surface area contributed by atoms with Gasteiger partial charge in [-0.3, -0.25) is 9.36 Å². The number of rotatable bonds is 4. The number of fused-ring (bicyclic) bond motifs is 2. The van der Waals surface area contributed by atoms with Crippen molar-refractivity contribution in [2.75, 3.05) is 6.61 Å². The summed E-state index contributed by atoms with van der Waals surface area (Å²) < 4.78 is 7.12. The van der Waals surface area contributed by atoms with E-state index in [-0.39, 0.29) is 11.5 Å². The molecular formula is C20H26N2O3. The molecule has 0 bridgehead atoms. The van der Waals surface area contributed by atoms with Gasteiger partial charge in [-0.1, -0.05) is 26.7 Å². The minimum atomic E-state index is -0.351. The molecule has 1 aliphatic heterocycles. The van der Waals surface area contributed by atoms with E-state index in [1.54, 1.807) is 18.2 Å². The van der Waals surface area contributed by atoms with Gasteiger partial charge in [-0.2, -0.15) is 0 Å². The van der Waals surface area contributed by atoms with E-state index in [0.717, 1.165) is 44.5 Å². The zero-order chi connectivity index (χ0) is 17.8. The van der Waals surface area contributed by atoms with Crippen molar-refractivity contribution in [3.63, 3.8) is 0 Å². The Morgan fingerprint density at radius 1 is 1.24 bits per heavy atom. The Morgan fingerprint density at radius 2 is 2.04 bits per heavy atom. The van der Waals surface area contributed by atoms with Crippen LogP contribution in [0.3, 0.4) is 0 Å². The van der Waals surface area contributed by atoms with Gasteiger partial charge in [-0.25, -0.2) is 9.78 Å². The molecule has 0 spiro atoms. The topological polar surface area (TPSA) is 61.2 Å². The Labute approximate surface area is 148 Å². The maximum Gasteiger partial charge on any atom is 0.338 e. The van der Waals surface area contributed by atoms with Gasteiger partial charge in [0.1, 0.15) is 5.82 Å². The van der Waals surface area contributed by atoms with Crippen LogP contribution in [0.15, 0.2) is 23.0 Å². The molecular weight excluding hydrogens is 316 g/mol. The predicted molar refractivity (Wildman–Crippen MR) is 97.9 cm³/mol. The van der Waals surface area contributed by atoms with Crippen molar-refractivity contribution in [2.45, 2.75) is 58.9 Å². The van der Waals surface area contributed by atoms with Crippen LogP contribution < -0.4 is 5.56 Å². The summed E-state index contributed by atoms with van der Waals surface area (Å²) in [6.45, 7) is 5.33. The lowest BCUT2D eigenvalue weighted by Crippen LogP contribution is -2.26. The van der Waals surface area contributed by atoms with Crippen LogP contribution in [0.5, 0.6) is 0 Å². The lowest BCUT2D eigenvalue weighted by Gasteiger charge is -2.16. The second-order valence-electron chi connectivity index (χ2n) is 7.20. The van der Waals surface area contributed by atoms with Crippen LogP contribution in [0.4, 0.5) is 0 Å². The summed E-state index contributed by atoms with van der Waals surface area (Å²) in [6.07, 6.45) is 6.05. The SMILES string of the molecule is CC(C)CCOC(=O)c1ccc2c(=O)n3c(nc2c1)CCCCCC3. The second kappa shape index (κ2) is 7.81. The van der Waals surface area contributed by atoms with E-state index in [0.29, 0.717) is 29.0 Å². The van der Waals surface area contributed by atoms with Gasteiger partial charge in [0.25, 0.3) is 5.56 Å². The second-order valence-corrected chi connectivity index (χ2v) is 7.20. The van der Waals surface area contributed by atoms with Crippen LogP contribution in [-0.2, 0) is 17.7 Å². The van der Waals surface area contributed by atoms with E-state index in [1.807, 2.05) is 4.57 Å². The number of nitrogens with zero attached hydrogens (tertiary/aromatic N) is 2. The van der Waals surface area contributed by atoms with Crippen molar-refractivity contribution in [3.05, 3.63) is 39.9 Å². The summed E-state index contributed by atoms with van der Waals surface area (Å²) in [4.78, 5) is 29.7. The van der Waals surface area contributed by atoms with E-state index < -0.39 is 0 Å². The smallest absolute Gasteiger partial charge is 0.338 e. The molecule has 0 N–H and O–H groups in total. The molecule has 0 aliphatic carbocycles. The number of ether oxygens (including phenoxy) is 1. The first-order valence-corrected chi connectivity index (χ1v) is 9.27. The Morgan fingerprint density at radius 3 is 2.84 bits per heavy atom. The number of esters is 1. The zero-order valence-corrected chi connectivity index (χ0v) is 15.1. The predicted octanol–water partition coefficient (Wildman–Crippen LogP) is 3.72. The highest BCUT2D eigenvalue weighted by molar-refractivity contribution is 5.94. The summed E-state index contributed by atoms with van der Waals surface area (Å²) in [5.41, 5.74) is 1.05. The van der Waals surface area contributed by atoms with Gasteiger partial charge in [0.2, 0.25) is 0 Å². The average molecular weight is 342 g/mol. The van der Waals surface area contributed by atoms with E-state index in [1.165, 1.54) is 6.42 Å². The molecule has 2 heterocycles. The van der Waals surface area contributed by atoms with Gasteiger partial charge in [-0.05, 0) is 43.4 Å². The van der Waals surface area contributed by atoms with E-state index in [9.17, 15) is 9.59 Å². The summed E-state index contributed by atoms with van der Waals surface area (Å²) in [5, 5.41) is 0.572. The normalized spacial score (nSPS) is 14.8. The van der Waals surface area contributed by atoms with Crippen LogP contribution in [-0.4, -0.2) is 22.1 Å². The summed E-state index contributed by atoms with van der Waals surface area (Å²) in [6, 6.07) is 5.06. The third-order valence-electron chi connectivity index (χ3n) is 4.73. The first kappa shape index (κ1) is 17.6. The molecule has 0 atom stereocenters. The highest BCUT2D eigenvalue weighted by atomic mass is 16.5. The van der Waals surface area contributed by atoms with Crippen molar-refractivity contribution >= 4 is 16.9 Å². The van der Waals surface area contributed by atoms with Gasteiger partial charge in [0, 0.05) is 13.0 Å². The fourth-order valence-electron chi connectivity index (χ4n) is 3.19. The molecule has 0 unspecified atom stereocenters. The molecule has 0 amide bonds. The van der Waals surface area contributed by atoms with E-state index >= 15 is 0 Å². The molecule has 2 aromatic rings. The van der Waals surface area contributed by atoms with Crippen molar-refractivity contribution in [3.8, 4) is 0 Å². The molecule has 134 valence electrons. The minimum absolute atomic E-state index is 0.00150. The minimum Gasteiger partial charge on any atom is -0.462 e. The molecule has 5 nitrogen and oxygen atoms in total. The number of carbonyl (C=O) groups excluding carboxylic acids is 1. The van der Waals surface area contributed by atoms with Crippen LogP contribution in [0.2, 0.25) is 0 Å². The summed E-state index contributed by atoms with van der Waals surface area (Å²) in [5.74, 6) is 0.976. The van der Waals surface area contributed by atoms with Gasteiger partial charge in [-0.15, -0.1) is 0 Å². The van der Waals surface area contributed by atoms with E-state index in [2.05, 4.69) is 18.8 Å².